The van der Waals surface area contributed by atoms with E-state index < -0.39 is 60.5 Å². The van der Waals surface area contributed by atoms with Crippen LogP contribution in [0, 0.1) is 0 Å². The van der Waals surface area contributed by atoms with Gasteiger partial charge < -0.3 is 45.2 Å². The molecule has 4 aliphatic rings. The first kappa shape index (κ1) is 29.7. The summed E-state index contributed by atoms with van der Waals surface area (Å²) in [6.07, 6.45) is -1.83. The summed E-state index contributed by atoms with van der Waals surface area (Å²) in [7, 11) is 0. The van der Waals surface area contributed by atoms with Crippen molar-refractivity contribution in [2.75, 3.05) is 18.2 Å². The Kier molecular flexibility index (Phi) is 7.63. The van der Waals surface area contributed by atoms with Gasteiger partial charge in [-0.05, 0) is 41.8 Å². The van der Waals surface area contributed by atoms with Crippen LogP contribution in [0.5, 0.6) is 17.2 Å². The predicted molar refractivity (Wildman–Crippen MR) is 154 cm³/mol. The zero-order chi connectivity index (χ0) is 31.3. The lowest BCUT2D eigenvalue weighted by atomic mass is 9.86. The fourth-order valence-corrected chi connectivity index (χ4v) is 6.21. The van der Waals surface area contributed by atoms with Crippen LogP contribution in [0.1, 0.15) is 28.7 Å². The minimum absolute atomic E-state index is 0.0262. The van der Waals surface area contributed by atoms with E-state index in [1.54, 1.807) is 18.3 Å². The summed E-state index contributed by atoms with van der Waals surface area (Å²) in [5.74, 6) is -4.36. The van der Waals surface area contributed by atoms with Gasteiger partial charge in [-0.25, -0.2) is 4.79 Å². The largest absolute Gasteiger partial charge is 0.508 e. The molecule has 0 aliphatic carbocycles. The number of ether oxygens (including phenoxy) is 2. The summed E-state index contributed by atoms with van der Waals surface area (Å²) in [4.78, 5) is 35.3. The van der Waals surface area contributed by atoms with Crippen molar-refractivity contribution < 1.29 is 54.8 Å². The van der Waals surface area contributed by atoms with Gasteiger partial charge in [-0.3, -0.25) is 19.7 Å². The Morgan fingerprint density at radius 2 is 1.91 bits per heavy atom. The number of phenols is 2. The monoisotopic (exact) mass is 609 g/mol. The van der Waals surface area contributed by atoms with Gasteiger partial charge in [-0.1, -0.05) is 6.07 Å². The number of rotatable bonds is 6. The number of nitrogens with zero attached hydrogens (tertiary/aromatic N) is 3. The quantitative estimate of drug-likeness (QED) is 0.210. The van der Waals surface area contributed by atoms with Crippen LogP contribution >= 0.6 is 0 Å². The number of aliphatic hydroxyl groups excluding tert-OH is 4. The highest BCUT2D eigenvalue weighted by atomic mass is 16.7. The molecule has 0 saturated carbocycles. The molecular formula is C30H31N3O11. The highest BCUT2D eigenvalue weighted by molar-refractivity contribution is 6.32. The van der Waals surface area contributed by atoms with Crippen molar-refractivity contribution in [1.29, 1.82) is 0 Å². The summed E-state index contributed by atoms with van der Waals surface area (Å²) < 4.78 is 11.7. The van der Waals surface area contributed by atoms with E-state index in [9.17, 15) is 45.3 Å². The van der Waals surface area contributed by atoms with E-state index in [1.165, 1.54) is 24.3 Å². The number of aromatic hydroxyl groups is 2. The molecule has 4 heterocycles. The fourth-order valence-electron chi connectivity index (χ4n) is 6.21. The number of hydrogen-bond acceptors (Lipinski definition) is 12. The molecule has 2 aromatic carbocycles. The molecule has 1 amide bonds. The molecule has 6 atom stereocenters. The molecule has 0 aromatic heterocycles. The minimum Gasteiger partial charge on any atom is -0.508 e. The van der Waals surface area contributed by atoms with Crippen LogP contribution in [0.3, 0.4) is 0 Å². The summed E-state index contributed by atoms with van der Waals surface area (Å²) in [6.45, 7) is -0.346. The molecular weight excluding hydrogens is 578 g/mol. The average Bonchev–Trinajstić information content (AvgIpc) is 3.66. The van der Waals surface area contributed by atoms with Crippen LogP contribution in [-0.2, 0) is 33.6 Å². The van der Waals surface area contributed by atoms with Gasteiger partial charge in [0.05, 0.1) is 18.0 Å². The number of carbonyl (C=O) groups is 2. The van der Waals surface area contributed by atoms with Gasteiger partial charge in [0.2, 0.25) is 5.79 Å². The van der Waals surface area contributed by atoms with E-state index in [-0.39, 0.29) is 36.4 Å². The van der Waals surface area contributed by atoms with E-state index in [1.807, 2.05) is 0 Å². The molecule has 44 heavy (non-hydrogen) atoms. The highest BCUT2D eigenvalue weighted by Gasteiger charge is 2.57. The number of amides is 1. The first-order chi connectivity index (χ1) is 21.0. The third kappa shape index (κ3) is 5.00. The third-order valence-electron chi connectivity index (χ3n) is 8.42. The number of benzene rings is 2. The van der Waals surface area contributed by atoms with Crippen molar-refractivity contribution in [3.05, 3.63) is 52.6 Å². The van der Waals surface area contributed by atoms with Crippen LogP contribution < -0.4 is 9.64 Å². The Hall–Kier alpha value is -4.34. The van der Waals surface area contributed by atoms with Crippen LogP contribution in [0.2, 0.25) is 0 Å². The van der Waals surface area contributed by atoms with Gasteiger partial charge in [0.1, 0.15) is 42.9 Å². The zero-order valence-corrected chi connectivity index (χ0v) is 23.3. The maximum absolute atomic E-state index is 13.6. The Bertz CT molecular complexity index is 1600. The topological polar surface area (TPSA) is 222 Å². The number of carbonyl (C=O) groups excluding carboxylic acids is 1. The zero-order valence-electron chi connectivity index (χ0n) is 23.3. The van der Waals surface area contributed by atoms with Gasteiger partial charge in [0, 0.05) is 42.7 Å². The smallest absolute Gasteiger partial charge is 0.327 e. The highest BCUT2D eigenvalue weighted by Crippen LogP contribution is 2.51. The van der Waals surface area contributed by atoms with E-state index in [0.717, 1.165) is 4.90 Å². The molecule has 14 heteroatoms. The lowest BCUT2D eigenvalue weighted by Gasteiger charge is -2.50. The molecule has 1 saturated heterocycles. The molecule has 0 unspecified atom stereocenters. The lowest BCUT2D eigenvalue weighted by Crippen LogP contribution is -2.68. The molecule has 7 N–H and O–H groups in total. The maximum atomic E-state index is 13.6. The van der Waals surface area contributed by atoms with Crippen molar-refractivity contribution in [2.24, 2.45) is 9.98 Å². The van der Waals surface area contributed by atoms with Crippen LogP contribution in [-0.4, -0.2) is 109 Å². The second-order valence-corrected chi connectivity index (χ2v) is 11.2. The number of carboxylic acids is 1. The Morgan fingerprint density at radius 1 is 1.11 bits per heavy atom. The summed E-state index contributed by atoms with van der Waals surface area (Å²) in [5, 5.41) is 72.2. The van der Waals surface area contributed by atoms with Crippen molar-refractivity contribution in [2.45, 2.75) is 61.9 Å². The number of hydrogen-bond donors (Lipinski definition) is 7. The van der Waals surface area contributed by atoms with E-state index >= 15 is 0 Å². The molecule has 0 radical (unpaired) electrons. The summed E-state index contributed by atoms with van der Waals surface area (Å²) >= 11 is 0. The van der Waals surface area contributed by atoms with Gasteiger partial charge in [0.25, 0.3) is 5.91 Å². The molecule has 4 aliphatic heterocycles. The molecule has 14 nitrogen and oxygen atoms in total. The van der Waals surface area contributed by atoms with Gasteiger partial charge in [-0.2, -0.15) is 0 Å². The lowest BCUT2D eigenvalue weighted by molar-refractivity contribution is -0.342. The molecule has 0 bridgehead atoms. The average molecular weight is 610 g/mol. The second kappa shape index (κ2) is 11.3. The van der Waals surface area contributed by atoms with Crippen molar-refractivity contribution in [3.8, 4) is 17.2 Å². The Morgan fingerprint density at radius 3 is 2.61 bits per heavy atom. The van der Waals surface area contributed by atoms with Gasteiger partial charge in [-0.15, -0.1) is 0 Å². The van der Waals surface area contributed by atoms with Gasteiger partial charge >= 0.3 is 5.97 Å². The predicted octanol–water partition coefficient (Wildman–Crippen LogP) is -0.326. The number of carboxylic acid groups (broad SMARTS) is 1. The number of phenolic OH excluding ortho intramolecular Hbond substituents is 2. The maximum Gasteiger partial charge on any atom is 0.327 e. The number of fused-ring (bicyclic) bond motifs is 3. The van der Waals surface area contributed by atoms with Crippen molar-refractivity contribution in [3.63, 3.8) is 0 Å². The normalized spacial score (nSPS) is 29.0. The van der Waals surface area contributed by atoms with E-state index in [0.29, 0.717) is 41.1 Å². The minimum atomic E-state index is -1.93. The first-order valence-electron chi connectivity index (χ1n) is 14.0. The number of aliphatic imine (C=N–C) groups is 2. The first-order valence-corrected chi connectivity index (χ1v) is 14.0. The van der Waals surface area contributed by atoms with Crippen LogP contribution in [0.4, 0.5) is 5.69 Å². The Labute approximate surface area is 250 Å². The molecule has 2 aromatic rings. The molecule has 1 fully saturated rings. The van der Waals surface area contributed by atoms with Crippen molar-refractivity contribution in [1.82, 2.24) is 0 Å². The standard InChI is InChI=1S/C30H31N3O11/c34-12-22-25(38)26(39)28(40)30(43-22)6-5-18-24-16(10-21(36)27(18)44-30)9-19(29(41)42)33(24)23(37)4-2-14-1-3-20(35)15(7-14)8-17-11-31-13-32-17/h1-4,7,10-11,19,22,25-26,28,34-36,38-40H,5-6,8-9,12-13H2,(H,41,42)/b4-2+/t19-,22-,25-,26+,28-,30+/m1/s1. The fraction of sp³-hybridized carbons (Fsp3) is 0.400. The van der Waals surface area contributed by atoms with Crippen LogP contribution in [0.25, 0.3) is 6.08 Å². The summed E-state index contributed by atoms with van der Waals surface area (Å²) in [6, 6.07) is 4.78. The number of aliphatic carboxylic acids is 1. The molecule has 1 spiro atoms. The van der Waals surface area contributed by atoms with E-state index in [2.05, 4.69) is 9.98 Å². The Balaban J connectivity index is 1.32. The van der Waals surface area contributed by atoms with E-state index in [4.69, 9.17) is 9.47 Å². The number of anilines is 1. The molecule has 6 rings (SSSR count). The summed E-state index contributed by atoms with van der Waals surface area (Å²) in [5.41, 5.74) is 2.80. The molecule has 232 valence electrons. The van der Waals surface area contributed by atoms with Gasteiger partial charge in [0.15, 0.2) is 11.5 Å². The number of aliphatic hydroxyl groups is 4. The van der Waals surface area contributed by atoms with Crippen LogP contribution in [0.15, 0.2) is 40.3 Å². The SMILES string of the molecule is O=C(O)[C@H]1Cc2cc(O)c3c(c2N1C(=O)/C=C/c1ccc(O)c(CC2=NCN=C2)c1)CC[C@@]1(O3)O[C@H](CO)[C@@H](O)[C@H](O)[C@H]1O. The third-order valence-corrected chi connectivity index (χ3v) is 8.42. The van der Waals surface area contributed by atoms with Crippen molar-refractivity contribution >= 4 is 35.6 Å². The second-order valence-electron chi connectivity index (χ2n) is 11.2.